The van der Waals surface area contributed by atoms with E-state index in [1.807, 2.05) is 13.1 Å². The first-order valence-corrected chi connectivity index (χ1v) is 4.71. The van der Waals surface area contributed by atoms with Crippen molar-refractivity contribution < 1.29 is 0 Å². The highest BCUT2D eigenvalue weighted by Gasteiger charge is 2.06. The lowest BCUT2D eigenvalue weighted by Gasteiger charge is -1.95. The second kappa shape index (κ2) is 3.79. The molecule has 0 aromatic carbocycles. The molecule has 0 aliphatic carbocycles. The minimum atomic E-state index is -0.111. The average molecular weight is 212 g/mol. The van der Waals surface area contributed by atoms with Crippen LogP contribution < -0.4 is 0 Å². The lowest BCUT2D eigenvalue weighted by molar-refractivity contribution is 0.629. The maximum Gasteiger partial charge on any atom is 0.127 e. The highest BCUT2D eigenvalue weighted by atomic mass is 35.5. The summed E-state index contributed by atoms with van der Waals surface area (Å²) in [4.78, 5) is 7.08. The van der Waals surface area contributed by atoms with Gasteiger partial charge in [-0.15, -0.1) is 16.7 Å². The molecule has 0 spiro atoms. The molecule has 0 amide bonds. The number of aromatic amines is 1. The van der Waals surface area contributed by atoms with E-state index in [1.165, 1.54) is 0 Å². The molecule has 0 aliphatic heterocycles. The van der Waals surface area contributed by atoms with Crippen molar-refractivity contribution in [3.05, 3.63) is 30.1 Å². The lowest BCUT2D eigenvalue weighted by atomic mass is 10.4. The molecule has 0 saturated carbocycles. The average Bonchev–Trinajstić information content (AvgIpc) is 2.75. The van der Waals surface area contributed by atoms with Gasteiger partial charge in [-0.25, -0.2) is 9.67 Å². The van der Waals surface area contributed by atoms with Gasteiger partial charge < -0.3 is 4.98 Å². The van der Waals surface area contributed by atoms with Gasteiger partial charge in [0.1, 0.15) is 18.1 Å². The van der Waals surface area contributed by atoms with Crippen molar-refractivity contribution in [2.45, 2.75) is 18.8 Å². The number of nitrogens with zero attached hydrogens (tertiary/aromatic N) is 4. The van der Waals surface area contributed by atoms with E-state index < -0.39 is 0 Å². The third-order valence-corrected chi connectivity index (χ3v) is 2.05. The number of hydrogen-bond donors (Lipinski definition) is 1. The predicted molar refractivity (Wildman–Crippen MR) is 52.0 cm³/mol. The molecule has 6 heteroatoms. The van der Waals surface area contributed by atoms with E-state index in [2.05, 4.69) is 20.3 Å². The zero-order valence-corrected chi connectivity index (χ0v) is 8.44. The first-order valence-electron chi connectivity index (χ1n) is 4.28. The van der Waals surface area contributed by atoms with Crippen LogP contribution in [-0.4, -0.2) is 25.0 Å². The van der Waals surface area contributed by atoms with E-state index in [1.54, 1.807) is 17.1 Å². The number of halogens is 1. The first-order chi connectivity index (χ1) is 6.75. The number of nitrogens with one attached hydrogen (secondary N) is 1. The Labute approximate surface area is 86.1 Å². The van der Waals surface area contributed by atoms with Crippen molar-refractivity contribution in [2.75, 3.05) is 0 Å². The van der Waals surface area contributed by atoms with E-state index in [0.717, 1.165) is 11.5 Å². The van der Waals surface area contributed by atoms with Gasteiger partial charge >= 0.3 is 0 Å². The van der Waals surface area contributed by atoms with Crippen LogP contribution in [0.15, 0.2) is 18.6 Å². The first kappa shape index (κ1) is 9.21. The fraction of sp³-hybridized carbons (Fsp3) is 0.375. The lowest BCUT2D eigenvalue weighted by Crippen LogP contribution is -2.01. The number of aromatic nitrogens is 5. The second-order valence-corrected chi connectivity index (χ2v) is 3.65. The van der Waals surface area contributed by atoms with Gasteiger partial charge in [0.2, 0.25) is 0 Å². The summed E-state index contributed by atoms with van der Waals surface area (Å²) < 4.78 is 1.70. The van der Waals surface area contributed by atoms with Crippen molar-refractivity contribution in [1.29, 1.82) is 0 Å². The summed E-state index contributed by atoms with van der Waals surface area (Å²) in [6.45, 7) is 2.45. The van der Waals surface area contributed by atoms with Gasteiger partial charge in [0, 0.05) is 12.4 Å². The predicted octanol–water partition coefficient (Wildman–Crippen LogP) is 1.35. The Kier molecular flexibility index (Phi) is 2.49. The molecule has 2 aromatic rings. The van der Waals surface area contributed by atoms with Crippen molar-refractivity contribution >= 4 is 11.6 Å². The molecule has 0 aliphatic rings. The number of imidazole rings is 1. The zero-order valence-electron chi connectivity index (χ0n) is 7.68. The molecule has 1 unspecified atom stereocenters. The monoisotopic (exact) mass is 211 g/mol. The van der Waals surface area contributed by atoms with Crippen LogP contribution in [0.25, 0.3) is 0 Å². The molecule has 2 heterocycles. The van der Waals surface area contributed by atoms with E-state index in [4.69, 9.17) is 11.6 Å². The summed E-state index contributed by atoms with van der Waals surface area (Å²) in [6, 6.07) is 0. The summed E-state index contributed by atoms with van der Waals surface area (Å²) >= 11 is 5.86. The minimum Gasteiger partial charge on any atom is -0.347 e. The number of hydrogen-bond acceptors (Lipinski definition) is 3. The van der Waals surface area contributed by atoms with Crippen LogP contribution in [0.4, 0.5) is 0 Å². The van der Waals surface area contributed by atoms with Gasteiger partial charge in [-0.1, -0.05) is 5.21 Å². The molecular formula is C8H10ClN5. The Balaban J connectivity index is 2.11. The molecule has 0 saturated heterocycles. The molecule has 0 fully saturated rings. The topological polar surface area (TPSA) is 59.4 Å². The second-order valence-electron chi connectivity index (χ2n) is 2.99. The number of rotatable bonds is 3. The zero-order chi connectivity index (χ0) is 9.97. The minimum absolute atomic E-state index is 0.111. The Morgan fingerprint density at radius 3 is 3.07 bits per heavy atom. The van der Waals surface area contributed by atoms with Gasteiger partial charge in [0.05, 0.1) is 11.6 Å². The van der Waals surface area contributed by atoms with Crippen LogP contribution in [0.3, 0.4) is 0 Å². The fourth-order valence-corrected chi connectivity index (χ4v) is 1.21. The van der Waals surface area contributed by atoms with Gasteiger partial charge in [-0.3, -0.25) is 0 Å². The standard InChI is InChI=1S/C8H10ClN5/c1-6(9)7-4-14(13-12-7)5-8-10-2-3-11-8/h2-4,6H,5H2,1H3,(H,10,11). The summed E-state index contributed by atoms with van der Waals surface area (Å²) in [5, 5.41) is 7.76. The molecule has 0 bridgehead atoms. The molecule has 2 aromatic heterocycles. The smallest absolute Gasteiger partial charge is 0.127 e. The summed E-state index contributed by atoms with van der Waals surface area (Å²) in [5.74, 6) is 0.851. The Bertz CT molecular complexity index is 392. The molecule has 2 rings (SSSR count). The largest absolute Gasteiger partial charge is 0.347 e. The van der Waals surface area contributed by atoms with Gasteiger partial charge in [-0.05, 0) is 6.92 Å². The third kappa shape index (κ3) is 1.93. The Morgan fingerprint density at radius 1 is 1.64 bits per heavy atom. The maximum atomic E-state index is 5.86. The van der Waals surface area contributed by atoms with Gasteiger partial charge in [0.15, 0.2) is 0 Å². The molecule has 5 nitrogen and oxygen atoms in total. The summed E-state index contributed by atoms with van der Waals surface area (Å²) in [6.07, 6.45) is 5.30. The Hall–Kier alpha value is -1.36. The molecule has 1 atom stereocenters. The van der Waals surface area contributed by atoms with Crippen LogP contribution in [0.5, 0.6) is 0 Å². The van der Waals surface area contributed by atoms with E-state index in [0.29, 0.717) is 6.54 Å². The van der Waals surface area contributed by atoms with Crippen LogP contribution >= 0.6 is 11.6 Å². The van der Waals surface area contributed by atoms with Crippen molar-refractivity contribution in [3.63, 3.8) is 0 Å². The summed E-state index contributed by atoms with van der Waals surface area (Å²) in [5.41, 5.74) is 0.776. The molecule has 1 N–H and O–H groups in total. The Morgan fingerprint density at radius 2 is 2.50 bits per heavy atom. The SMILES string of the molecule is CC(Cl)c1cn(Cc2ncc[nH]2)nn1. The number of alkyl halides is 1. The fourth-order valence-electron chi connectivity index (χ4n) is 1.11. The van der Waals surface area contributed by atoms with E-state index in [9.17, 15) is 0 Å². The van der Waals surface area contributed by atoms with Crippen LogP contribution in [-0.2, 0) is 6.54 Å². The molecule has 74 valence electrons. The quantitative estimate of drug-likeness (QED) is 0.780. The van der Waals surface area contributed by atoms with E-state index in [-0.39, 0.29) is 5.38 Å². The van der Waals surface area contributed by atoms with Gasteiger partial charge in [0.25, 0.3) is 0 Å². The van der Waals surface area contributed by atoms with Crippen LogP contribution in [0.1, 0.15) is 23.8 Å². The van der Waals surface area contributed by atoms with Crippen LogP contribution in [0.2, 0.25) is 0 Å². The molecule has 0 radical (unpaired) electrons. The van der Waals surface area contributed by atoms with Gasteiger partial charge in [-0.2, -0.15) is 0 Å². The maximum absolute atomic E-state index is 5.86. The molecule has 14 heavy (non-hydrogen) atoms. The highest BCUT2D eigenvalue weighted by molar-refractivity contribution is 6.20. The summed E-state index contributed by atoms with van der Waals surface area (Å²) in [7, 11) is 0. The normalized spacial score (nSPS) is 13.0. The molecular weight excluding hydrogens is 202 g/mol. The van der Waals surface area contributed by atoms with E-state index >= 15 is 0 Å². The van der Waals surface area contributed by atoms with Crippen molar-refractivity contribution in [3.8, 4) is 0 Å². The number of H-pyrrole nitrogens is 1. The van der Waals surface area contributed by atoms with Crippen LogP contribution in [0, 0.1) is 0 Å². The third-order valence-electron chi connectivity index (χ3n) is 1.83. The van der Waals surface area contributed by atoms with Crippen molar-refractivity contribution in [1.82, 2.24) is 25.0 Å². The van der Waals surface area contributed by atoms with Crippen molar-refractivity contribution in [2.24, 2.45) is 0 Å². The highest BCUT2D eigenvalue weighted by Crippen LogP contribution is 2.15.